The van der Waals surface area contributed by atoms with Crippen LogP contribution < -0.4 is 0 Å². The lowest BCUT2D eigenvalue weighted by molar-refractivity contribution is -0.207. The molecule has 4 aliphatic rings. The molecule has 5 heteroatoms. The number of hydrogen-bond acceptors (Lipinski definition) is 4. The first-order chi connectivity index (χ1) is 15.1. The number of fused-ring (bicyclic) bond motifs is 5. The van der Waals surface area contributed by atoms with E-state index in [2.05, 4.69) is 13.8 Å². The second kappa shape index (κ2) is 7.49. The van der Waals surface area contributed by atoms with E-state index in [1.54, 1.807) is 0 Å². The van der Waals surface area contributed by atoms with Gasteiger partial charge in [-0.1, -0.05) is 20.8 Å². The molecule has 29 heavy (non-hydrogen) atoms. The summed E-state index contributed by atoms with van der Waals surface area (Å²) >= 11 is 0. The average molecular weight is 413 g/mol. The standard InChI is InChI=1S/C24H40O5/c1-13(4-7-21(28)29)16-5-6-17-22-18(12-20(27)24(16,17)3)23(2)9-8-15(25)10-14(23)11-19(22)26/h13-20,22,25-27H,4-12H2,1-3H3,(H,28,29)/t13-,14+,15-,16-,17+,18+,19+,20+,22+,23+,24-/m1/s1/i8D2,10D2. The van der Waals surface area contributed by atoms with Gasteiger partial charge in [0.1, 0.15) is 0 Å². The van der Waals surface area contributed by atoms with Crippen LogP contribution in [0.3, 0.4) is 0 Å². The van der Waals surface area contributed by atoms with Crippen LogP contribution in [-0.2, 0) is 4.79 Å². The fourth-order valence-electron chi connectivity index (χ4n) is 7.99. The molecule has 0 spiro atoms. The van der Waals surface area contributed by atoms with Crippen molar-refractivity contribution in [2.45, 2.75) is 96.8 Å². The van der Waals surface area contributed by atoms with E-state index in [9.17, 15) is 20.1 Å². The molecule has 5 nitrogen and oxygen atoms in total. The van der Waals surface area contributed by atoms with Crippen molar-refractivity contribution in [2.24, 2.45) is 46.3 Å². The number of hydrogen-bond donors (Lipinski definition) is 4. The first-order valence-corrected chi connectivity index (χ1v) is 11.3. The van der Waals surface area contributed by atoms with Crippen molar-refractivity contribution in [3.63, 3.8) is 0 Å². The lowest BCUT2D eigenvalue weighted by Crippen LogP contribution is -2.62. The molecule has 4 fully saturated rings. The zero-order valence-electron chi connectivity index (χ0n) is 21.8. The summed E-state index contributed by atoms with van der Waals surface area (Å²) in [5, 5.41) is 42.5. The highest BCUT2D eigenvalue weighted by Gasteiger charge is 2.65. The lowest BCUT2D eigenvalue weighted by Gasteiger charge is -2.63. The van der Waals surface area contributed by atoms with Crippen molar-refractivity contribution >= 4 is 5.97 Å². The Morgan fingerprint density at radius 1 is 1.17 bits per heavy atom. The largest absolute Gasteiger partial charge is 0.481 e. The molecular formula is C24H40O5. The predicted octanol–water partition coefficient (Wildman–Crippen LogP) is 3.45. The zero-order valence-corrected chi connectivity index (χ0v) is 17.8. The monoisotopic (exact) mass is 412 g/mol. The third-order valence-corrected chi connectivity index (χ3v) is 9.61. The van der Waals surface area contributed by atoms with Crippen molar-refractivity contribution in [2.75, 3.05) is 0 Å². The summed E-state index contributed by atoms with van der Waals surface area (Å²) in [7, 11) is 0. The van der Waals surface area contributed by atoms with E-state index < -0.39 is 53.8 Å². The zero-order chi connectivity index (χ0) is 24.7. The molecular weight excluding hydrogens is 368 g/mol. The van der Waals surface area contributed by atoms with Gasteiger partial charge in [-0.2, -0.15) is 0 Å². The molecule has 4 aliphatic carbocycles. The van der Waals surface area contributed by atoms with E-state index in [1.165, 1.54) is 0 Å². The van der Waals surface area contributed by atoms with Gasteiger partial charge in [0.25, 0.3) is 0 Å². The van der Waals surface area contributed by atoms with E-state index in [-0.39, 0.29) is 48.9 Å². The molecule has 0 radical (unpaired) electrons. The van der Waals surface area contributed by atoms with Gasteiger partial charge in [0.15, 0.2) is 0 Å². The third-order valence-electron chi connectivity index (χ3n) is 9.61. The van der Waals surface area contributed by atoms with Crippen molar-refractivity contribution in [1.82, 2.24) is 0 Å². The van der Waals surface area contributed by atoms with Crippen LogP contribution in [-0.4, -0.2) is 44.7 Å². The summed E-state index contributed by atoms with van der Waals surface area (Å²) in [6.07, 6.45) is -4.60. The molecule has 0 aliphatic heterocycles. The van der Waals surface area contributed by atoms with Gasteiger partial charge < -0.3 is 20.4 Å². The molecule has 0 bridgehead atoms. The molecule has 11 atom stereocenters. The lowest BCUT2D eigenvalue weighted by atomic mass is 9.43. The number of carboxylic acid groups (broad SMARTS) is 1. The minimum absolute atomic E-state index is 0.00777. The topological polar surface area (TPSA) is 98.0 Å². The van der Waals surface area contributed by atoms with Crippen LogP contribution in [0.15, 0.2) is 0 Å². The predicted molar refractivity (Wildman–Crippen MR) is 110 cm³/mol. The van der Waals surface area contributed by atoms with Gasteiger partial charge in [0, 0.05) is 11.9 Å². The maximum Gasteiger partial charge on any atom is 0.303 e. The van der Waals surface area contributed by atoms with Gasteiger partial charge in [-0.25, -0.2) is 0 Å². The number of aliphatic hydroxyl groups is 3. The van der Waals surface area contributed by atoms with Crippen LogP contribution in [0, 0.1) is 46.3 Å². The Kier molecular flexibility index (Phi) is 4.38. The van der Waals surface area contributed by atoms with Gasteiger partial charge in [-0.05, 0) is 97.6 Å². The molecule has 166 valence electrons. The van der Waals surface area contributed by atoms with Gasteiger partial charge in [0.2, 0.25) is 0 Å². The van der Waals surface area contributed by atoms with Crippen LogP contribution in [0.5, 0.6) is 0 Å². The molecule has 0 aromatic heterocycles. The minimum atomic E-state index is -2.17. The van der Waals surface area contributed by atoms with Crippen molar-refractivity contribution in [3.8, 4) is 0 Å². The second-order valence-electron chi connectivity index (χ2n) is 10.8. The molecule has 0 heterocycles. The molecule has 0 aromatic rings. The Morgan fingerprint density at radius 3 is 2.59 bits per heavy atom. The fraction of sp³-hybridized carbons (Fsp3) is 0.958. The highest BCUT2D eigenvalue weighted by molar-refractivity contribution is 5.66. The van der Waals surface area contributed by atoms with Crippen LogP contribution in [0.25, 0.3) is 0 Å². The first kappa shape index (κ1) is 17.0. The molecule has 0 aromatic carbocycles. The van der Waals surface area contributed by atoms with Crippen molar-refractivity contribution in [3.05, 3.63) is 0 Å². The van der Waals surface area contributed by atoms with Crippen LogP contribution >= 0.6 is 0 Å². The summed E-state index contributed by atoms with van der Waals surface area (Å²) < 4.78 is 34.0. The second-order valence-corrected chi connectivity index (χ2v) is 10.8. The summed E-state index contributed by atoms with van der Waals surface area (Å²) in [5.41, 5.74) is -1.25. The average Bonchev–Trinajstić information content (AvgIpc) is 3.06. The molecule has 0 unspecified atom stereocenters. The molecule has 4 rings (SSSR count). The number of aliphatic carboxylic acids is 1. The first-order valence-electron chi connectivity index (χ1n) is 13.3. The van der Waals surface area contributed by atoms with E-state index in [4.69, 9.17) is 10.6 Å². The summed E-state index contributed by atoms with van der Waals surface area (Å²) in [5.74, 6) is -1.65. The third kappa shape index (κ3) is 3.27. The van der Waals surface area contributed by atoms with Gasteiger partial charge in [-0.3, -0.25) is 4.79 Å². The van der Waals surface area contributed by atoms with Crippen LogP contribution in [0.2, 0.25) is 0 Å². The van der Waals surface area contributed by atoms with E-state index in [1.807, 2.05) is 6.92 Å². The van der Waals surface area contributed by atoms with Gasteiger partial charge in [0.05, 0.1) is 18.3 Å². The summed E-state index contributed by atoms with van der Waals surface area (Å²) in [6, 6.07) is 0. The maximum absolute atomic E-state index is 11.5. The van der Waals surface area contributed by atoms with E-state index in [0.717, 1.165) is 12.8 Å². The van der Waals surface area contributed by atoms with Crippen LogP contribution in [0.1, 0.15) is 83.9 Å². The quantitative estimate of drug-likeness (QED) is 0.567. The molecule has 4 saturated carbocycles. The summed E-state index contributed by atoms with van der Waals surface area (Å²) in [6.45, 7) is 6.04. The highest BCUT2D eigenvalue weighted by Crippen LogP contribution is 2.68. The Bertz CT molecular complexity index is 793. The maximum atomic E-state index is 11.5. The molecule has 4 N–H and O–H groups in total. The van der Waals surface area contributed by atoms with Gasteiger partial charge >= 0.3 is 5.97 Å². The van der Waals surface area contributed by atoms with Gasteiger partial charge in [-0.15, -0.1) is 0 Å². The Morgan fingerprint density at radius 2 is 1.90 bits per heavy atom. The summed E-state index contributed by atoms with van der Waals surface area (Å²) in [4.78, 5) is 11.1. The highest BCUT2D eigenvalue weighted by atomic mass is 16.4. The number of carboxylic acids is 1. The number of carbonyl (C=O) groups is 1. The number of aliphatic hydroxyl groups excluding tert-OH is 3. The van der Waals surface area contributed by atoms with E-state index in [0.29, 0.717) is 12.8 Å². The number of rotatable bonds is 4. The normalized spacial score (nSPS) is 58.4. The Labute approximate surface area is 180 Å². The van der Waals surface area contributed by atoms with E-state index >= 15 is 0 Å². The minimum Gasteiger partial charge on any atom is -0.481 e. The fourth-order valence-corrected chi connectivity index (χ4v) is 7.99. The van der Waals surface area contributed by atoms with Crippen molar-refractivity contribution < 1.29 is 30.7 Å². The Balaban J connectivity index is 1.69. The van der Waals surface area contributed by atoms with Crippen LogP contribution in [0.4, 0.5) is 0 Å². The van der Waals surface area contributed by atoms with Crippen molar-refractivity contribution in [1.29, 1.82) is 0 Å². The SMILES string of the molecule is [2H]C1([2H])C[C@@]2(C)[C@H](C[C@H](O)[C@@H]3[C@@H]2C[C@H](O)[C@]2(C)[C@@H]([C@H](C)CCC(=O)O)CC[C@@H]32)C([2H])([2H])[C@@H]1O. The Hall–Kier alpha value is -0.650. The molecule has 0 saturated heterocycles. The molecule has 0 amide bonds. The smallest absolute Gasteiger partial charge is 0.303 e.